The molecule has 2 N–H and O–H groups in total. The molecule has 4 saturated carbocycles. The van der Waals surface area contributed by atoms with Crippen LogP contribution in [-0.4, -0.2) is 21.8 Å². The van der Waals surface area contributed by atoms with Crippen molar-refractivity contribution in [3.8, 4) is 0 Å². The first-order valence-electron chi connectivity index (χ1n) is 10.3. The standard InChI is InChI=1S/C21H34N2O2/c1-13(22-24)17-6-7-18-16-5-4-14-12-15(23-25)8-10-20(14,2)19(16)9-11-21(17,18)3/h14,16-19,24-25H,4-12H2,1-3H3/t14-,16-,17+,18-,19-,20-,21+/m0/s1. The lowest BCUT2D eigenvalue weighted by molar-refractivity contribution is -0.0962. The van der Waals surface area contributed by atoms with Crippen LogP contribution < -0.4 is 0 Å². The van der Waals surface area contributed by atoms with Crippen LogP contribution in [0.15, 0.2) is 10.3 Å². The number of rotatable bonds is 1. The summed E-state index contributed by atoms with van der Waals surface area (Å²) in [5.41, 5.74) is 2.73. The van der Waals surface area contributed by atoms with E-state index < -0.39 is 0 Å². The zero-order valence-corrected chi connectivity index (χ0v) is 16.0. The van der Waals surface area contributed by atoms with Crippen molar-refractivity contribution in [2.45, 2.75) is 78.6 Å². The van der Waals surface area contributed by atoms with E-state index in [2.05, 4.69) is 24.2 Å². The molecule has 140 valence electrons. The topological polar surface area (TPSA) is 65.2 Å². The number of nitrogens with zero attached hydrogens (tertiary/aromatic N) is 2. The fourth-order valence-corrected chi connectivity index (χ4v) is 7.91. The van der Waals surface area contributed by atoms with Gasteiger partial charge in [0.25, 0.3) is 0 Å². The second-order valence-corrected chi connectivity index (χ2v) is 9.94. The van der Waals surface area contributed by atoms with Crippen LogP contribution in [-0.2, 0) is 0 Å². The Bertz CT molecular complexity index is 601. The summed E-state index contributed by atoms with van der Waals surface area (Å²) < 4.78 is 0. The monoisotopic (exact) mass is 346 g/mol. The van der Waals surface area contributed by atoms with Gasteiger partial charge in [-0.25, -0.2) is 0 Å². The molecule has 7 atom stereocenters. The maximum atomic E-state index is 9.33. The summed E-state index contributed by atoms with van der Waals surface area (Å²) in [5, 5.41) is 25.7. The van der Waals surface area contributed by atoms with Crippen LogP contribution in [0.4, 0.5) is 0 Å². The molecular weight excluding hydrogens is 312 g/mol. The van der Waals surface area contributed by atoms with Crippen LogP contribution in [0, 0.1) is 40.4 Å². The number of oxime groups is 2. The van der Waals surface area contributed by atoms with Crippen LogP contribution in [0.25, 0.3) is 0 Å². The molecule has 0 aromatic heterocycles. The number of hydrogen-bond donors (Lipinski definition) is 2. The molecule has 0 radical (unpaired) electrons. The lowest BCUT2D eigenvalue weighted by Gasteiger charge is -2.60. The van der Waals surface area contributed by atoms with Gasteiger partial charge in [0.1, 0.15) is 0 Å². The molecule has 0 unspecified atom stereocenters. The highest BCUT2D eigenvalue weighted by Gasteiger charge is 2.60. The van der Waals surface area contributed by atoms with E-state index in [9.17, 15) is 10.4 Å². The molecule has 0 aromatic carbocycles. The first kappa shape index (κ1) is 17.4. The molecule has 4 heteroatoms. The lowest BCUT2D eigenvalue weighted by atomic mass is 9.44. The molecule has 4 nitrogen and oxygen atoms in total. The molecule has 0 spiro atoms. The zero-order chi connectivity index (χ0) is 17.8. The largest absolute Gasteiger partial charge is 0.411 e. The van der Waals surface area contributed by atoms with Gasteiger partial charge in [-0.2, -0.15) is 0 Å². The maximum absolute atomic E-state index is 9.33. The molecule has 4 rings (SSSR count). The van der Waals surface area contributed by atoms with Gasteiger partial charge in [0.15, 0.2) is 0 Å². The van der Waals surface area contributed by atoms with Gasteiger partial charge in [0, 0.05) is 5.92 Å². The molecule has 0 aliphatic heterocycles. The van der Waals surface area contributed by atoms with Crippen molar-refractivity contribution >= 4 is 11.4 Å². The zero-order valence-electron chi connectivity index (χ0n) is 16.0. The highest BCUT2D eigenvalue weighted by atomic mass is 16.4. The molecule has 0 aromatic rings. The predicted molar refractivity (Wildman–Crippen MR) is 99.3 cm³/mol. The summed E-state index contributed by atoms with van der Waals surface area (Å²) in [6.45, 7) is 7.03. The smallest absolute Gasteiger partial charge is 0.0576 e. The first-order chi connectivity index (χ1) is 11.9. The average molecular weight is 347 g/mol. The van der Waals surface area contributed by atoms with E-state index >= 15 is 0 Å². The molecule has 0 amide bonds. The van der Waals surface area contributed by atoms with E-state index in [-0.39, 0.29) is 0 Å². The van der Waals surface area contributed by atoms with Gasteiger partial charge in [-0.3, -0.25) is 0 Å². The Kier molecular flexibility index (Phi) is 4.16. The van der Waals surface area contributed by atoms with Crippen molar-refractivity contribution in [1.82, 2.24) is 0 Å². The van der Waals surface area contributed by atoms with E-state index in [0.717, 1.165) is 42.0 Å². The van der Waals surface area contributed by atoms with Gasteiger partial charge in [0.05, 0.1) is 11.4 Å². The van der Waals surface area contributed by atoms with Crippen LogP contribution >= 0.6 is 0 Å². The van der Waals surface area contributed by atoms with Crippen LogP contribution in [0.2, 0.25) is 0 Å². The van der Waals surface area contributed by atoms with Crippen molar-refractivity contribution in [1.29, 1.82) is 0 Å². The van der Waals surface area contributed by atoms with Gasteiger partial charge in [-0.15, -0.1) is 0 Å². The molecule has 0 heterocycles. The van der Waals surface area contributed by atoms with Crippen LogP contribution in [0.5, 0.6) is 0 Å². The molecular formula is C21H34N2O2. The second-order valence-electron chi connectivity index (χ2n) is 9.94. The van der Waals surface area contributed by atoms with Crippen molar-refractivity contribution in [2.24, 2.45) is 50.7 Å². The minimum atomic E-state index is 0.326. The van der Waals surface area contributed by atoms with E-state index in [4.69, 9.17) is 0 Å². The molecule has 4 aliphatic carbocycles. The predicted octanol–water partition coefficient (Wildman–Crippen LogP) is 5.33. The molecule has 0 saturated heterocycles. The van der Waals surface area contributed by atoms with Gasteiger partial charge in [-0.1, -0.05) is 24.2 Å². The Labute approximate surface area is 151 Å². The highest BCUT2D eigenvalue weighted by Crippen LogP contribution is 2.67. The highest BCUT2D eigenvalue weighted by molar-refractivity contribution is 5.85. The van der Waals surface area contributed by atoms with Crippen LogP contribution in [0.1, 0.15) is 78.6 Å². The molecule has 4 fully saturated rings. The number of hydrogen-bond acceptors (Lipinski definition) is 4. The van der Waals surface area contributed by atoms with E-state index in [1.165, 1.54) is 44.9 Å². The fraction of sp³-hybridized carbons (Fsp3) is 0.905. The van der Waals surface area contributed by atoms with Gasteiger partial charge in [-0.05, 0) is 99.2 Å². The minimum absolute atomic E-state index is 0.326. The summed E-state index contributed by atoms with van der Waals surface area (Å²) in [6, 6.07) is 0. The molecule has 0 bridgehead atoms. The van der Waals surface area contributed by atoms with Crippen molar-refractivity contribution in [3.63, 3.8) is 0 Å². The van der Waals surface area contributed by atoms with E-state index in [1.807, 2.05) is 6.92 Å². The van der Waals surface area contributed by atoms with E-state index in [0.29, 0.717) is 22.7 Å². The SMILES string of the molecule is CC(=NO)[C@H]1CC[C@H]2[C@@H]3CC[C@H]4CC(=NO)CC[C@]4(C)[C@H]3CC[C@]12C. The normalized spacial score (nSPS) is 51.7. The fourth-order valence-electron chi connectivity index (χ4n) is 7.91. The third-order valence-corrected chi connectivity index (χ3v) is 9.30. The summed E-state index contributed by atoms with van der Waals surface area (Å²) in [4.78, 5) is 0. The lowest BCUT2D eigenvalue weighted by Crippen LogP contribution is -2.53. The average Bonchev–Trinajstić information content (AvgIpc) is 2.97. The third kappa shape index (κ3) is 2.39. The summed E-state index contributed by atoms with van der Waals surface area (Å²) in [7, 11) is 0. The summed E-state index contributed by atoms with van der Waals surface area (Å²) in [6.07, 6.45) is 10.9. The maximum Gasteiger partial charge on any atom is 0.0576 e. The van der Waals surface area contributed by atoms with Gasteiger partial charge < -0.3 is 10.4 Å². The van der Waals surface area contributed by atoms with Crippen molar-refractivity contribution < 1.29 is 10.4 Å². The Balaban J connectivity index is 1.60. The van der Waals surface area contributed by atoms with Gasteiger partial charge in [0.2, 0.25) is 0 Å². The Morgan fingerprint density at radius 2 is 1.72 bits per heavy atom. The van der Waals surface area contributed by atoms with Crippen molar-refractivity contribution in [2.75, 3.05) is 0 Å². The number of fused-ring (bicyclic) bond motifs is 5. The summed E-state index contributed by atoms with van der Waals surface area (Å²) in [5.74, 6) is 3.63. The Morgan fingerprint density at radius 3 is 2.44 bits per heavy atom. The summed E-state index contributed by atoms with van der Waals surface area (Å²) >= 11 is 0. The van der Waals surface area contributed by atoms with Gasteiger partial charge >= 0.3 is 0 Å². The second kappa shape index (κ2) is 5.99. The quantitative estimate of drug-likeness (QED) is 0.383. The first-order valence-corrected chi connectivity index (χ1v) is 10.3. The molecule has 25 heavy (non-hydrogen) atoms. The Morgan fingerprint density at radius 1 is 0.960 bits per heavy atom. The van der Waals surface area contributed by atoms with Crippen molar-refractivity contribution in [3.05, 3.63) is 0 Å². The Hall–Kier alpha value is -1.06. The van der Waals surface area contributed by atoms with E-state index in [1.54, 1.807) is 0 Å². The molecule has 4 aliphatic rings. The minimum Gasteiger partial charge on any atom is -0.411 e. The third-order valence-electron chi connectivity index (χ3n) is 9.30. The van der Waals surface area contributed by atoms with Crippen LogP contribution in [0.3, 0.4) is 0 Å².